The van der Waals surface area contributed by atoms with Gasteiger partial charge in [-0.15, -0.1) is 0 Å². The van der Waals surface area contributed by atoms with Crippen molar-refractivity contribution < 1.29 is 4.79 Å². The van der Waals surface area contributed by atoms with Gasteiger partial charge in [0, 0.05) is 16.1 Å². The van der Waals surface area contributed by atoms with Crippen molar-refractivity contribution in [3.8, 4) is 0 Å². The van der Waals surface area contributed by atoms with Crippen LogP contribution in [0.5, 0.6) is 0 Å². The number of hydrogen-bond donors (Lipinski definition) is 1. The van der Waals surface area contributed by atoms with Crippen LogP contribution in [-0.4, -0.2) is 10.9 Å². The van der Waals surface area contributed by atoms with Crippen LogP contribution in [-0.2, 0) is 4.79 Å². The van der Waals surface area contributed by atoms with Gasteiger partial charge in [-0.1, -0.05) is 18.2 Å². The molecule has 0 aliphatic heterocycles. The molecule has 1 amide bonds. The minimum atomic E-state index is -0.148. The van der Waals surface area contributed by atoms with Crippen molar-refractivity contribution in [2.75, 3.05) is 5.32 Å². The Bertz CT molecular complexity index is 593. The second-order valence-corrected chi connectivity index (χ2v) is 4.44. The van der Waals surface area contributed by atoms with Gasteiger partial charge in [-0.05, 0) is 41.1 Å². The molecule has 0 aliphatic rings. The highest BCUT2D eigenvalue weighted by Gasteiger charge is 2.04. The topological polar surface area (TPSA) is 42.0 Å². The predicted octanol–water partition coefficient (Wildman–Crippen LogP) is 3.51. The normalized spacial score (nSPS) is 10.9. The summed E-state index contributed by atoms with van der Waals surface area (Å²) >= 11 is 3.37. The summed E-state index contributed by atoms with van der Waals surface area (Å²) in [7, 11) is 0. The molecule has 0 radical (unpaired) electrons. The Labute approximate surface area is 108 Å². The second-order valence-electron chi connectivity index (χ2n) is 3.52. The fourth-order valence-corrected chi connectivity index (χ4v) is 1.91. The van der Waals surface area contributed by atoms with E-state index in [-0.39, 0.29) is 5.91 Å². The molecule has 4 heteroatoms. The van der Waals surface area contributed by atoms with Crippen molar-refractivity contribution in [2.45, 2.75) is 6.92 Å². The number of anilines is 1. The number of halogens is 1. The zero-order valence-corrected chi connectivity index (χ0v) is 10.9. The molecule has 3 nitrogen and oxygen atoms in total. The molecule has 1 aromatic heterocycles. The zero-order valence-electron chi connectivity index (χ0n) is 9.27. The third-order valence-electron chi connectivity index (χ3n) is 2.25. The first kappa shape index (κ1) is 11.8. The number of amides is 1. The summed E-state index contributed by atoms with van der Waals surface area (Å²) < 4.78 is 0.918. The number of allylic oxidation sites excluding steroid dienone is 1. The molecule has 0 fully saturated rings. The Morgan fingerprint density at radius 3 is 3.06 bits per heavy atom. The molecule has 0 spiro atoms. The molecule has 0 aliphatic carbocycles. The molecule has 2 rings (SSSR count). The van der Waals surface area contributed by atoms with Gasteiger partial charge in [0.2, 0.25) is 5.91 Å². The lowest BCUT2D eigenvalue weighted by Gasteiger charge is -2.06. The molecule has 0 atom stereocenters. The molecular formula is C13H11BrN2O. The fraction of sp³-hybridized carbons (Fsp3) is 0.0769. The molecule has 0 unspecified atom stereocenters. The van der Waals surface area contributed by atoms with Crippen molar-refractivity contribution in [1.29, 1.82) is 0 Å². The lowest BCUT2D eigenvalue weighted by Crippen LogP contribution is -2.08. The van der Waals surface area contributed by atoms with Crippen molar-refractivity contribution in [3.05, 3.63) is 47.1 Å². The van der Waals surface area contributed by atoms with Gasteiger partial charge in [-0.2, -0.15) is 0 Å². The highest BCUT2D eigenvalue weighted by atomic mass is 79.9. The Morgan fingerprint density at radius 2 is 2.29 bits per heavy atom. The first-order valence-corrected chi connectivity index (χ1v) is 5.98. The summed E-state index contributed by atoms with van der Waals surface area (Å²) in [6.07, 6.45) is 4.90. The summed E-state index contributed by atoms with van der Waals surface area (Å²) in [5.41, 5.74) is 1.51. The molecule has 17 heavy (non-hydrogen) atoms. The monoisotopic (exact) mass is 290 g/mol. The number of para-hydroxylation sites is 1. The maximum Gasteiger partial charge on any atom is 0.248 e. The van der Waals surface area contributed by atoms with Crippen LogP contribution in [0.3, 0.4) is 0 Å². The van der Waals surface area contributed by atoms with E-state index in [4.69, 9.17) is 0 Å². The van der Waals surface area contributed by atoms with E-state index in [1.807, 2.05) is 24.3 Å². The van der Waals surface area contributed by atoms with Crippen LogP contribution in [0, 0.1) is 0 Å². The Kier molecular flexibility index (Phi) is 3.54. The number of rotatable bonds is 2. The van der Waals surface area contributed by atoms with Gasteiger partial charge in [0.15, 0.2) is 0 Å². The Hall–Kier alpha value is -1.68. The van der Waals surface area contributed by atoms with Gasteiger partial charge < -0.3 is 5.32 Å². The summed E-state index contributed by atoms with van der Waals surface area (Å²) in [5, 5.41) is 3.79. The minimum absolute atomic E-state index is 0.148. The van der Waals surface area contributed by atoms with Crippen LogP contribution >= 0.6 is 15.9 Å². The predicted molar refractivity (Wildman–Crippen MR) is 72.9 cm³/mol. The summed E-state index contributed by atoms with van der Waals surface area (Å²) in [6, 6.07) is 7.65. The molecule has 0 bridgehead atoms. The van der Waals surface area contributed by atoms with Gasteiger partial charge in [0.1, 0.15) is 0 Å². The number of fused-ring (bicyclic) bond motifs is 1. The van der Waals surface area contributed by atoms with Crippen LogP contribution in [0.1, 0.15) is 6.92 Å². The number of hydrogen-bond acceptors (Lipinski definition) is 2. The van der Waals surface area contributed by atoms with E-state index in [1.54, 1.807) is 19.2 Å². The standard InChI is InChI=1S/C13H11BrN2O/c1-2-4-12(17)16-11-6-3-5-9-7-10(14)8-15-13(9)11/h2-8H,1H3,(H,16,17)/b4-2+. The van der Waals surface area contributed by atoms with Gasteiger partial charge in [0.25, 0.3) is 0 Å². The first-order valence-electron chi connectivity index (χ1n) is 5.18. The molecular weight excluding hydrogens is 280 g/mol. The van der Waals surface area contributed by atoms with Crippen LogP contribution in [0.15, 0.2) is 47.1 Å². The number of nitrogens with zero attached hydrogens (tertiary/aromatic N) is 1. The third kappa shape index (κ3) is 2.71. The summed E-state index contributed by atoms with van der Waals surface area (Å²) in [4.78, 5) is 15.8. The summed E-state index contributed by atoms with van der Waals surface area (Å²) in [6.45, 7) is 1.80. The third-order valence-corrected chi connectivity index (χ3v) is 2.69. The number of nitrogens with one attached hydrogen (secondary N) is 1. The average molecular weight is 291 g/mol. The highest BCUT2D eigenvalue weighted by Crippen LogP contribution is 2.23. The van der Waals surface area contributed by atoms with Gasteiger partial charge in [-0.3, -0.25) is 9.78 Å². The molecule has 0 saturated carbocycles. The maximum absolute atomic E-state index is 11.5. The van der Waals surface area contributed by atoms with Gasteiger partial charge in [0.05, 0.1) is 11.2 Å². The smallest absolute Gasteiger partial charge is 0.248 e. The van der Waals surface area contributed by atoms with Gasteiger partial charge in [-0.25, -0.2) is 0 Å². The highest BCUT2D eigenvalue weighted by molar-refractivity contribution is 9.10. The number of pyridine rings is 1. The van der Waals surface area contributed by atoms with Crippen LogP contribution in [0.4, 0.5) is 5.69 Å². The average Bonchev–Trinajstić information content (AvgIpc) is 2.29. The number of benzene rings is 1. The van der Waals surface area contributed by atoms with Crippen molar-refractivity contribution in [1.82, 2.24) is 4.98 Å². The van der Waals surface area contributed by atoms with Crippen LogP contribution in [0.2, 0.25) is 0 Å². The first-order chi connectivity index (χ1) is 8.20. The molecule has 1 aromatic carbocycles. The van der Waals surface area contributed by atoms with Crippen molar-refractivity contribution in [2.24, 2.45) is 0 Å². The van der Waals surface area contributed by atoms with Crippen LogP contribution in [0.25, 0.3) is 10.9 Å². The number of carbonyl (C=O) groups excluding carboxylic acids is 1. The molecule has 2 aromatic rings. The van der Waals surface area contributed by atoms with Crippen molar-refractivity contribution in [3.63, 3.8) is 0 Å². The Morgan fingerprint density at radius 1 is 1.47 bits per heavy atom. The molecule has 0 saturated heterocycles. The van der Waals surface area contributed by atoms with E-state index in [2.05, 4.69) is 26.2 Å². The van der Waals surface area contributed by atoms with Gasteiger partial charge >= 0.3 is 0 Å². The molecule has 86 valence electrons. The van der Waals surface area contributed by atoms with Crippen LogP contribution < -0.4 is 5.32 Å². The maximum atomic E-state index is 11.5. The van der Waals surface area contributed by atoms with E-state index in [1.165, 1.54) is 6.08 Å². The number of aromatic nitrogens is 1. The summed E-state index contributed by atoms with van der Waals surface area (Å²) in [5.74, 6) is -0.148. The van der Waals surface area contributed by atoms with E-state index in [9.17, 15) is 4.79 Å². The van der Waals surface area contributed by atoms with E-state index in [0.717, 1.165) is 21.1 Å². The van der Waals surface area contributed by atoms with E-state index >= 15 is 0 Å². The second kappa shape index (κ2) is 5.10. The van der Waals surface area contributed by atoms with Crippen molar-refractivity contribution >= 4 is 38.4 Å². The molecule has 1 heterocycles. The lowest BCUT2D eigenvalue weighted by atomic mass is 10.2. The zero-order chi connectivity index (χ0) is 12.3. The Balaban J connectivity index is 2.44. The largest absolute Gasteiger partial charge is 0.321 e. The quantitative estimate of drug-likeness (QED) is 0.860. The molecule has 1 N–H and O–H groups in total. The minimum Gasteiger partial charge on any atom is -0.321 e. The number of carbonyl (C=O) groups is 1. The fourth-order valence-electron chi connectivity index (χ4n) is 1.56. The lowest BCUT2D eigenvalue weighted by molar-refractivity contribution is -0.111. The SMILES string of the molecule is C/C=C/C(=O)Nc1cccc2cc(Br)cnc12. The van der Waals surface area contributed by atoms with E-state index < -0.39 is 0 Å². The van der Waals surface area contributed by atoms with E-state index in [0.29, 0.717) is 0 Å².